The van der Waals surface area contributed by atoms with Crippen LogP contribution in [0.3, 0.4) is 0 Å². The van der Waals surface area contributed by atoms with Crippen molar-refractivity contribution in [2.75, 3.05) is 23.4 Å². The molecule has 0 aromatic carbocycles. The number of ether oxygens (including phenoxy) is 1. The molecule has 0 bridgehead atoms. The molecule has 1 aliphatic rings. The van der Waals surface area contributed by atoms with Crippen LogP contribution in [0.1, 0.15) is 29.5 Å². The molecular weight excluding hydrogens is 424 g/mol. The molecule has 0 spiro atoms. The Labute approximate surface area is 171 Å². The Morgan fingerprint density at radius 3 is 2.83 bits per heavy atom. The lowest BCUT2D eigenvalue weighted by Gasteiger charge is -2.09. The number of hydrogen-bond donors (Lipinski definition) is 1. The van der Waals surface area contributed by atoms with Crippen LogP contribution in [0.15, 0.2) is 16.7 Å². The van der Waals surface area contributed by atoms with Crippen molar-refractivity contribution in [2.24, 2.45) is 0 Å². The third-order valence-electron chi connectivity index (χ3n) is 4.25. The van der Waals surface area contributed by atoms with Gasteiger partial charge < -0.3 is 14.6 Å². The summed E-state index contributed by atoms with van der Waals surface area (Å²) in [6.45, 7) is 2.87. The minimum Gasteiger partial charge on any atom is -0.452 e. The lowest BCUT2D eigenvalue weighted by molar-refractivity contribution is -0.142. The number of halogens is 1. The number of amides is 1. The normalized spacial score (nSPS) is 18.2. The molecule has 0 unspecified atom stereocenters. The Hall–Kier alpha value is -2.66. The molecule has 3 heterocycles. The number of aryl methyl sites for hydroxylation is 2. The van der Waals surface area contributed by atoms with Gasteiger partial charge in [0, 0.05) is 17.7 Å². The molecule has 1 saturated heterocycles. The van der Waals surface area contributed by atoms with Gasteiger partial charge in [-0.15, -0.1) is 0 Å². The summed E-state index contributed by atoms with van der Waals surface area (Å²) in [4.78, 5) is 23.6. The molecular formula is C17H19ClN4O6S. The SMILES string of the molecule is Cc1cc(NC(=O)COC(=O)/C=C/c2c(C)nn([C@@H]3CCS(=O)(=O)C3)c2Cl)no1. The van der Waals surface area contributed by atoms with Crippen LogP contribution < -0.4 is 5.32 Å². The number of nitrogens with one attached hydrogen (secondary N) is 1. The summed E-state index contributed by atoms with van der Waals surface area (Å²) in [5, 5.41) is 10.6. The van der Waals surface area contributed by atoms with Gasteiger partial charge in [-0.05, 0) is 26.3 Å². The Balaban J connectivity index is 1.58. The zero-order valence-electron chi connectivity index (χ0n) is 15.7. The number of carbonyl (C=O) groups is 2. The standard InChI is InChI=1S/C17H19ClN4O6S/c1-10-7-14(21-28-10)19-15(23)8-27-16(24)4-3-13-11(2)20-22(17(13)18)12-5-6-29(25,26)9-12/h3-4,7,12H,5-6,8-9H2,1-2H3,(H,19,21,23)/b4-3+/t12-/m1/s1. The third-order valence-corrected chi connectivity index (χ3v) is 6.38. The first-order valence-corrected chi connectivity index (χ1v) is 10.9. The maximum absolute atomic E-state index is 11.9. The van der Waals surface area contributed by atoms with Gasteiger partial charge in [-0.2, -0.15) is 5.10 Å². The van der Waals surface area contributed by atoms with E-state index in [1.807, 2.05) is 0 Å². The number of esters is 1. The average molecular weight is 443 g/mol. The molecule has 1 fully saturated rings. The summed E-state index contributed by atoms with van der Waals surface area (Å²) in [7, 11) is -3.09. The average Bonchev–Trinajstić information content (AvgIpc) is 3.29. The first-order valence-electron chi connectivity index (χ1n) is 8.67. The zero-order chi connectivity index (χ0) is 21.2. The van der Waals surface area contributed by atoms with E-state index in [2.05, 4.69) is 15.6 Å². The lowest BCUT2D eigenvalue weighted by atomic mass is 10.2. The monoisotopic (exact) mass is 442 g/mol. The highest BCUT2D eigenvalue weighted by atomic mass is 35.5. The maximum atomic E-state index is 11.9. The Kier molecular flexibility index (Phi) is 6.08. The van der Waals surface area contributed by atoms with Crippen LogP contribution >= 0.6 is 11.6 Å². The molecule has 0 radical (unpaired) electrons. The second kappa shape index (κ2) is 8.37. The summed E-state index contributed by atoms with van der Waals surface area (Å²) in [6, 6.07) is 1.20. The second-order valence-electron chi connectivity index (χ2n) is 6.60. The molecule has 12 heteroatoms. The predicted molar refractivity (Wildman–Crippen MR) is 104 cm³/mol. The van der Waals surface area contributed by atoms with Crippen molar-refractivity contribution in [1.29, 1.82) is 0 Å². The van der Waals surface area contributed by atoms with Gasteiger partial charge in [-0.25, -0.2) is 17.9 Å². The van der Waals surface area contributed by atoms with Crippen molar-refractivity contribution >= 4 is 45.2 Å². The van der Waals surface area contributed by atoms with E-state index in [1.54, 1.807) is 13.8 Å². The number of hydrogen-bond acceptors (Lipinski definition) is 8. The molecule has 10 nitrogen and oxygen atoms in total. The summed E-state index contributed by atoms with van der Waals surface area (Å²) >= 11 is 6.33. The number of carbonyl (C=O) groups excluding carboxylic acids is 2. The largest absolute Gasteiger partial charge is 0.452 e. The molecule has 1 amide bonds. The van der Waals surface area contributed by atoms with Crippen LogP contribution in [-0.2, 0) is 24.2 Å². The number of rotatable bonds is 6. The molecule has 1 aliphatic heterocycles. The Morgan fingerprint density at radius 2 is 2.21 bits per heavy atom. The number of sulfone groups is 1. The second-order valence-corrected chi connectivity index (χ2v) is 9.19. The fourth-order valence-electron chi connectivity index (χ4n) is 2.87. The van der Waals surface area contributed by atoms with Crippen LogP contribution in [0.25, 0.3) is 6.08 Å². The molecule has 0 aliphatic carbocycles. The quantitative estimate of drug-likeness (QED) is 0.527. The molecule has 156 valence electrons. The van der Waals surface area contributed by atoms with E-state index in [0.717, 1.165) is 6.08 Å². The van der Waals surface area contributed by atoms with Crippen LogP contribution in [-0.4, -0.2) is 53.3 Å². The highest BCUT2D eigenvalue weighted by molar-refractivity contribution is 7.91. The minimum absolute atomic E-state index is 0.0147. The zero-order valence-corrected chi connectivity index (χ0v) is 17.3. The van der Waals surface area contributed by atoms with E-state index < -0.39 is 28.3 Å². The Morgan fingerprint density at radius 1 is 1.45 bits per heavy atom. The Bertz CT molecular complexity index is 1070. The summed E-state index contributed by atoms with van der Waals surface area (Å²) in [5.74, 6) is -0.474. The van der Waals surface area contributed by atoms with Gasteiger partial charge in [-0.3, -0.25) is 4.79 Å². The molecule has 0 saturated carbocycles. The first-order chi connectivity index (χ1) is 13.6. The highest BCUT2D eigenvalue weighted by Crippen LogP contribution is 2.30. The predicted octanol–water partition coefficient (Wildman–Crippen LogP) is 1.70. The van der Waals surface area contributed by atoms with Crippen molar-refractivity contribution in [2.45, 2.75) is 26.3 Å². The van der Waals surface area contributed by atoms with Crippen molar-refractivity contribution in [3.8, 4) is 0 Å². The highest BCUT2D eigenvalue weighted by Gasteiger charge is 2.31. The van der Waals surface area contributed by atoms with Crippen molar-refractivity contribution in [1.82, 2.24) is 14.9 Å². The lowest BCUT2D eigenvalue weighted by Crippen LogP contribution is -2.20. The molecule has 1 atom stereocenters. The van der Waals surface area contributed by atoms with Gasteiger partial charge in [-0.1, -0.05) is 16.8 Å². The third kappa shape index (κ3) is 5.24. The van der Waals surface area contributed by atoms with E-state index in [0.29, 0.717) is 23.4 Å². The van der Waals surface area contributed by atoms with Gasteiger partial charge in [0.2, 0.25) is 0 Å². The summed E-state index contributed by atoms with van der Waals surface area (Å²) in [6.07, 6.45) is 2.99. The minimum atomic E-state index is -3.09. The summed E-state index contributed by atoms with van der Waals surface area (Å²) < 4.78 is 34.5. The van der Waals surface area contributed by atoms with E-state index in [-0.39, 0.29) is 28.5 Å². The van der Waals surface area contributed by atoms with E-state index in [4.69, 9.17) is 20.9 Å². The summed E-state index contributed by atoms with van der Waals surface area (Å²) in [5.41, 5.74) is 1.03. The molecule has 3 rings (SSSR count). The number of aromatic nitrogens is 3. The molecule has 2 aromatic rings. The van der Waals surface area contributed by atoms with Gasteiger partial charge >= 0.3 is 5.97 Å². The maximum Gasteiger partial charge on any atom is 0.331 e. The first kappa shape index (κ1) is 21.1. The van der Waals surface area contributed by atoms with E-state index in [1.165, 1.54) is 16.8 Å². The van der Waals surface area contributed by atoms with Crippen molar-refractivity contribution in [3.63, 3.8) is 0 Å². The molecule has 29 heavy (non-hydrogen) atoms. The number of nitrogens with zero attached hydrogens (tertiary/aromatic N) is 3. The van der Waals surface area contributed by atoms with Crippen LogP contribution in [0, 0.1) is 13.8 Å². The molecule has 1 N–H and O–H groups in total. The smallest absolute Gasteiger partial charge is 0.331 e. The van der Waals surface area contributed by atoms with E-state index >= 15 is 0 Å². The topological polar surface area (TPSA) is 133 Å². The van der Waals surface area contributed by atoms with E-state index in [9.17, 15) is 18.0 Å². The van der Waals surface area contributed by atoms with Crippen molar-refractivity contribution < 1.29 is 27.3 Å². The van der Waals surface area contributed by atoms with Crippen LogP contribution in [0.5, 0.6) is 0 Å². The van der Waals surface area contributed by atoms with Gasteiger partial charge in [0.15, 0.2) is 22.3 Å². The van der Waals surface area contributed by atoms with Gasteiger partial charge in [0.05, 0.1) is 23.2 Å². The fraction of sp³-hybridized carbons (Fsp3) is 0.412. The van der Waals surface area contributed by atoms with Crippen LogP contribution in [0.4, 0.5) is 5.82 Å². The van der Waals surface area contributed by atoms with Gasteiger partial charge in [0.1, 0.15) is 10.9 Å². The van der Waals surface area contributed by atoms with Gasteiger partial charge in [0.25, 0.3) is 5.91 Å². The van der Waals surface area contributed by atoms with Crippen LogP contribution in [0.2, 0.25) is 5.15 Å². The van der Waals surface area contributed by atoms with Crippen molar-refractivity contribution in [3.05, 3.63) is 34.3 Å². The fourth-order valence-corrected chi connectivity index (χ4v) is 4.94. The number of anilines is 1. The molecule has 2 aromatic heterocycles.